The lowest BCUT2D eigenvalue weighted by molar-refractivity contribution is -0.137. The molecular weight excluding hydrogens is 511 g/mol. The van der Waals surface area contributed by atoms with E-state index >= 15 is 0 Å². The highest BCUT2D eigenvalue weighted by Gasteiger charge is 2.32. The van der Waals surface area contributed by atoms with Gasteiger partial charge in [-0.15, -0.1) is 0 Å². The highest BCUT2D eigenvalue weighted by molar-refractivity contribution is 5.91. The van der Waals surface area contributed by atoms with Gasteiger partial charge in [0.2, 0.25) is 0 Å². The van der Waals surface area contributed by atoms with E-state index in [2.05, 4.69) is 27.0 Å². The minimum Gasteiger partial charge on any atom is -0.486 e. The van der Waals surface area contributed by atoms with Crippen LogP contribution in [0.15, 0.2) is 77.3 Å². The number of carbonyl (C=O) groups is 1. The molecule has 4 heterocycles. The standard InChI is InChI=1S/C29H26F3N3O4/c30-29(31,32)21-4-1-3-19(15-21)17-33-28(36)25-9-7-22(39-25)18-35-12-11-34-10-2-5-23(34)27(35)20-6-8-24-26(16-20)38-14-13-37-24/h1-10,15-16,27H,11-14,17-18H2,(H,33,36). The van der Waals surface area contributed by atoms with E-state index in [9.17, 15) is 18.0 Å². The Morgan fingerprint density at radius 3 is 2.64 bits per heavy atom. The van der Waals surface area contributed by atoms with Crippen molar-refractivity contribution >= 4 is 5.91 Å². The van der Waals surface area contributed by atoms with E-state index in [4.69, 9.17) is 13.9 Å². The summed E-state index contributed by atoms with van der Waals surface area (Å²) in [6, 6.07) is 18.3. The van der Waals surface area contributed by atoms with Gasteiger partial charge >= 0.3 is 6.18 Å². The fraction of sp³-hybridized carbons (Fsp3) is 0.276. The van der Waals surface area contributed by atoms with Gasteiger partial charge in [-0.25, -0.2) is 0 Å². The lowest BCUT2D eigenvalue weighted by atomic mass is 9.99. The minimum atomic E-state index is -4.44. The molecule has 7 nitrogen and oxygen atoms in total. The number of nitrogens with one attached hydrogen (secondary N) is 1. The zero-order chi connectivity index (χ0) is 27.0. The van der Waals surface area contributed by atoms with Crippen molar-refractivity contribution in [2.45, 2.75) is 31.9 Å². The van der Waals surface area contributed by atoms with Gasteiger partial charge in [0.05, 0.1) is 18.2 Å². The van der Waals surface area contributed by atoms with Crippen LogP contribution in [0.2, 0.25) is 0 Å². The first-order valence-electron chi connectivity index (χ1n) is 12.7. The van der Waals surface area contributed by atoms with Crippen molar-refractivity contribution in [3.8, 4) is 11.5 Å². The quantitative estimate of drug-likeness (QED) is 0.357. The SMILES string of the molecule is O=C(NCc1cccc(C(F)(F)F)c1)c1ccc(CN2CCn3cccc3C2c2ccc3c(c2)OCCO3)o1. The summed E-state index contributed by atoms with van der Waals surface area (Å²) < 4.78 is 58.6. The molecule has 0 saturated carbocycles. The molecular formula is C29H26F3N3O4. The largest absolute Gasteiger partial charge is 0.486 e. The van der Waals surface area contributed by atoms with Gasteiger partial charge in [0.25, 0.3) is 5.91 Å². The lowest BCUT2D eigenvalue weighted by Gasteiger charge is -2.37. The molecule has 2 aliphatic heterocycles. The third-order valence-electron chi connectivity index (χ3n) is 6.97. The predicted molar refractivity (Wildman–Crippen MR) is 135 cm³/mol. The molecule has 6 rings (SSSR count). The number of benzene rings is 2. The highest BCUT2D eigenvalue weighted by Crippen LogP contribution is 2.39. The maximum Gasteiger partial charge on any atom is 0.416 e. The number of rotatable bonds is 6. The van der Waals surface area contributed by atoms with Crippen LogP contribution in [-0.2, 0) is 25.8 Å². The van der Waals surface area contributed by atoms with Crippen LogP contribution in [0.5, 0.6) is 11.5 Å². The first-order chi connectivity index (χ1) is 18.8. The summed E-state index contributed by atoms with van der Waals surface area (Å²) in [5.41, 5.74) is 1.80. The molecule has 1 unspecified atom stereocenters. The average molecular weight is 538 g/mol. The smallest absolute Gasteiger partial charge is 0.416 e. The van der Waals surface area contributed by atoms with Gasteiger partial charge in [-0.1, -0.05) is 18.2 Å². The van der Waals surface area contributed by atoms with Gasteiger partial charge in [-0.3, -0.25) is 9.69 Å². The second-order valence-electron chi connectivity index (χ2n) is 9.55. The number of ether oxygens (including phenoxy) is 2. The number of amides is 1. The Morgan fingerprint density at radius 1 is 0.949 bits per heavy atom. The predicted octanol–water partition coefficient (Wildman–Crippen LogP) is 5.41. The number of hydrogen-bond acceptors (Lipinski definition) is 5. The lowest BCUT2D eigenvalue weighted by Crippen LogP contribution is -2.37. The fourth-order valence-corrected chi connectivity index (χ4v) is 5.13. The summed E-state index contributed by atoms with van der Waals surface area (Å²) in [5, 5.41) is 2.64. The van der Waals surface area contributed by atoms with Gasteiger partial charge in [0.1, 0.15) is 19.0 Å². The van der Waals surface area contributed by atoms with E-state index in [1.165, 1.54) is 12.1 Å². The summed E-state index contributed by atoms with van der Waals surface area (Å²) in [6.07, 6.45) is -2.37. The molecule has 0 radical (unpaired) electrons. The molecule has 39 heavy (non-hydrogen) atoms. The summed E-state index contributed by atoms with van der Waals surface area (Å²) in [5.74, 6) is 1.68. The zero-order valence-corrected chi connectivity index (χ0v) is 20.9. The van der Waals surface area contributed by atoms with E-state index in [1.54, 1.807) is 12.1 Å². The fourth-order valence-electron chi connectivity index (χ4n) is 5.13. The number of fused-ring (bicyclic) bond motifs is 2. The van der Waals surface area contributed by atoms with Gasteiger partial charge in [-0.2, -0.15) is 13.2 Å². The molecule has 1 atom stereocenters. The number of halogens is 3. The molecule has 10 heteroatoms. The normalized spacial score (nSPS) is 17.1. The number of carbonyl (C=O) groups excluding carboxylic acids is 1. The average Bonchev–Trinajstić information content (AvgIpc) is 3.61. The second kappa shape index (κ2) is 10.2. The molecule has 1 N–H and O–H groups in total. The Bertz CT molecular complexity index is 1490. The second-order valence-corrected chi connectivity index (χ2v) is 9.55. The summed E-state index contributed by atoms with van der Waals surface area (Å²) in [7, 11) is 0. The molecule has 202 valence electrons. The van der Waals surface area contributed by atoms with Crippen LogP contribution in [0, 0.1) is 0 Å². The molecule has 2 aromatic heterocycles. The zero-order valence-electron chi connectivity index (χ0n) is 20.9. The van der Waals surface area contributed by atoms with Crippen molar-refractivity contribution in [1.29, 1.82) is 0 Å². The molecule has 0 aliphatic carbocycles. The molecule has 4 aromatic rings. The third kappa shape index (κ3) is 5.24. The monoisotopic (exact) mass is 537 g/mol. The number of alkyl halides is 3. The highest BCUT2D eigenvalue weighted by atomic mass is 19.4. The number of hydrogen-bond donors (Lipinski definition) is 1. The van der Waals surface area contributed by atoms with Gasteiger partial charge in [-0.05, 0) is 59.7 Å². The molecule has 2 aromatic carbocycles. The number of furan rings is 1. The Morgan fingerprint density at radius 2 is 1.79 bits per heavy atom. The topological polar surface area (TPSA) is 68.9 Å². The number of aromatic nitrogens is 1. The van der Waals surface area contributed by atoms with Crippen LogP contribution >= 0.6 is 0 Å². The van der Waals surface area contributed by atoms with Crippen LogP contribution in [0.25, 0.3) is 0 Å². The van der Waals surface area contributed by atoms with Crippen molar-refractivity contribution < 1.29 is 31.9 Å². The number of nitrogens with zero attached hydrogens (tertiary/aromatic N) is 2. The Labute approximate surface area is 222 Å². The van der Waals surface area contributed by atoms with Crippen molar-refractivity contribution in [2.24, 2.45) is 0 Å². The van der Waals surface area contributed by atoms with Gasteiger partial charge in [0, 0.05) is 31.5 Å². The van der Waals surface area contributed by atoms with E-state index < -0.39 is 17.6 Å². The molecule has 0 fully saturated rings. The van der Waals surface area contributed by atoms with E-state index in [1.807, 2.05) is 24.3 Å². The van der Waals surface area contributed by atoms with E-state index in [0.29, 0.717) is 31.1 Å². The first-order valence-corrected chi connectivity index (χ1v) is 12.7. The van der Waals surface area contributed by atoms with E-state index in [0.717, 1.165) is 48.0 Å². The van der Waals surface area contributed by atoms with Crippen molar-refractivity contribution in [1.82, 2.24) is 14.8 Å². The summed E-state index contributed by atoms with van der Waals surface area (Å²) in [6.45, 7) is 3.03. The molecule has 0 bridgehead atoms. The molecule has 2 aliphatic rings. The van der Waals surface area contributed by atoms with Crippen LogP contribution in [-0.4, -0.2) is 35.1 Å². The van der Waals surface area contributed by atoms with Gasteiger partial charge in [0.15, 0.2) is 17.3 Å². The molecule has 0 saturated heterocycles. The third-order valence-corrected chi connectivity index (χ3v) is 6.97. The Kier molecular flexibility index (Phi) is 6.56. The van der Waals surface area contributed by atoms with Crippen LogP contribution < -0.4 is 14.8 Å². The van der Waals surface area contributed by atoms with E-state index in [-0.39, 0.29) is 18.3 Å². The Hall–Kier alpha value is -4.18. The van der Waals surface area contributed by atoms with Crippen molar-refractivity contribution in [3.05, 3.63) is 107 Å². The molecule has 0 spiro atoms. The van der Waals surface area contributed by atoms with Crippen LogP contribution in [0.1, 0.15) is 44.7 Å². The van der Waals surface area contributed by atoms with Crippen LogP contribution in [0.4, 0.5) is 13.2 Å². The maximum atomic E-state index is 13.0. The summed E-state index contributed by atoms with van der Waals surface area (Å²) >= 11 is 0. The van der Waals surface area contributed by atoms with Gasteiger partial charge < -0.3 is 23.8 Å². The Balaban J connectivity index is 1.17. The first kappa shape index (κ1) is 25.1. The maximum absolute atomic E-state index is 13.0. The van der Waals surface area contributed by atoms with Crippen LogP contribution in [0.3, 0.4) is 0 Å². The van der Waals surface area contributed by atoms with Crippen molar-refractivity contribution in [3.63, 3.8) is 0 Å². The molecule has 1 amide bonds. The van der Waals surface area contributed by atoms with Crippen molar-refractivity contribution in [2.75, 3.05) is 19.8 Å². The minimum absolute atomic E-state index is 0.0475. The summed E-state index contributed by atoms with van der Waals surface area (Å²) in [4.78, 5) is 15.0.